The van der Waals surface area contributed by atoms with Gasteiger partial charge in [-0.3, -0.25) is 9.63 Å². The minimum atomic E-state index is -0.450. The fourth-order valence-electron chi connectivity index (χ4n) is 1.62. The molecule has 1 aromatic carbocycles. The number of nitrogens with zero attached hydrogens (tertiary/aromatic N) is 1. The third kappa shape index (κ3) is 2.14. The first-order chi connectivity index (χ1) is 7.68. The zero-order valence-corrected chi connectivity index (χ0v) is 8.78. The molecule has 1 amide bonds. The van der Waals surface area contributed by atoms with E-state index in [2.05, 4.69) is 0 Å². The van der Waals surface area contributed by atoms with Crippen molar-refractivity contribution in [3.63, 3.8) is 0 Å². The Morgan fingerprint density at radius 1 is 1.44 bits per heavy atom. The summed E-state index contributed by atoms with van der Waals surface area (Å²) < 4.78 is 12.8. The van der Waals surface area contributed by atoms with Crippen LogP contribution < -0.4 is 5.73 Å². The zero-order valence-electron chi connectivity index (χ0n) is 8.78. The lowest BCUT2D eigenvalue weighted by Gasteiger charge is -2.26. The number of anilines is 1. The molecule has 0 saturated carbocycles. The Bertz CT molecular complexity index is 403. The summed E-state index contributed by atoms with van der Waals surface area (Å²) >= 11 is 0. The third-order valence-corrected chi connectivity index (χ3v) is 2.47. The normalized spacial score (nSPS) is 16.2. The Morgan fingerprint density at radius 2 is 2.25 bits per heavy atom. The van der Waals surface area contributed by atoms with E-state index in [9.17, 15) is 9.18 Å². The van der Waals surface area contributed by atoms with Crippen LogP contribution in [0.2, 0.25) is 0 Å². The van der Waals surface area contributed by atoms with Gasteiger partial charge in [-0.05, 0) is 31.0 Å². The highest BCUT2D eigenvalue weighted by Gasteiger charge is 2.21. The Kier molecular flexibility index (Phi) is 3.05. The fraction of sp³-hybridized carbons (Fsp3) is 0.364. The number of carbonyl (C=O) groups is 1. The van der Waals surface area contributed by atoms with Crippen molar-refractivity contribution in [3.8, 4) is 0 Å². The lowest BCUT2D eigenvalue weighted by Crippen LogP contribution is -2.36. The number of amides is 1. The molecule has 1 saturated heterocycles. The fourth-order valence-corrected chi connectivity index (χ4v) is 1.62. The summed E-state index contributed by atoms with van der Waals surface area (Å²) in [6.45, 7) is 1.09. The molecule has 1 heterocycles. The van der Waals surface area contributed by atoms with Gasteiger partial charge in [0.1, 0.15) is 5.82 Å². The van der Waals surface area contributed by atoms with Crippen LogP contribution >= 0.6 is 0 Å². The maximum Gasteiger partial charge on any atom is 0.279 e. The van der Waals surface area contributed by atoms with E-state index < -0.39 is 5.82 Å². The molecule has 0 atom stereocenters. The van der Waals surface area contributed by atoms with E-state index in [0.717, 1.165) is 18.9 Å². The van der Waals surface area contributed by atoms with Gasteiger partial charge in [-0.1, -0.05) is 0 Å². The summed E-state index contributed by atoms with van der Waals surface area (Å²) in [6, 6.07) is 3.73. The van der Waals surface area contributed by atoms with Gasteiger partial charge in [0, 0.05) is 12.2 Å². The first kappa shape index (κ1) is 10.9. The van der Waals surface area contributed by atoms with Gasteiger partial charge in [-0.15, -0.1) is 0 Å². The van der Waals surface area contributed by atoms with E-state index in [1.165, 1.54) is 17.2 Å². The number of hydrogen-bond acceptors (Lipinski definition) is 3. The van der Waals surface area contributed by atoms with E-state index >= 15 is 0 Å². The highest BCUT2D eigenvalue weighted by atomic mass is 19.1. The van der Waals surface area contributed by atoms with Crippen LogP contribution in [0.25, 0.3) is 0 Å². The molecule has 1 fully saturated rings. The molecule has 0 radical (unpaired) electrons. The molecule has 1 aliphatic heterocycles. The molecule has 0 aromatic heterocycles. The largest absolute Gasteiger partial charge is 0.398 e. The molecule has 4 nitrogen and oxygen atoms in total. The van der Waals surface area contributed by atoms with Crippen LogP contribution in [0.15, 0.2) is 18.2 Å². The summed E-state index contributed by atoms with van der Waals surface area (Å²) in [5.41, 5.74) is 6.00. The number of halogens is 1. The molecule has 16 heavy (non-hydrogen) atoms. The van der Waals surface area contributed by atoms with Crippen molar-refractivity contribution in [1.29, 1.82) is 0 Å². The molecule has 0 spiro atoms. The van der Waals surface area contributed by atoms with Crippen molar-refractivity contribution in [2.75, 3.05) is 18.9 Å². The molecule has 2 N–H and O–H groups in total. The first-order valence-corrected chi connectivity index (χ1v) is 5.18. The van der Waals surface area contributed by atoms with Gasteiger partial charge in [0.15, 0.2) is 0 Å². The quantitative estimate of drug-likeness (QED) is 0.737. The molecule has 86 valence electrons. The van der Waals surface area contributed by atoms with Gasteiger partial charge in [-0.25, -0.2) is 9.45 Å². The van der Waals surface area contributed by atoms with Gasteiger partial charge >= 0.3 is 0 Å². The van der Waals surface area contributed by atoms with Crippen LogP contribution in [-0.4, -0.2) is 24.1 Å². The van der Waals surface area contributed by atoms with E-state index in [4.69, 9.17) is 10.6 Å². The van der Waals surface area contributed by atoms with E-state index in [1.807, 2.05) is 0 Å². The Balaban J connectivity index is 2.19. The lowest BCUT2D eigenvalue weighted by molar-refractivity contribution is -0.144. The smallest absolute Gasteiger partial charge is 0.279 e. The second kappa shape index (κ2) is 4.49. The standard InChI is InChI=1S/C11H13FN2O2/c12-8-3-4-9(10(13)7-8)11(15)14-5-1-2-6-16-14/h3-4,7H,1-2,5-6,13H2. The number of rotatable bonds is 1. The van der Waals surface area contributed by atoms with Crippen LogP contribution in [-0.2, 0) is 4.84 Å². The predicted octanol–water partition coefficient (Wildman–Crippen LogP) is 1.58. The van der Waals surface area contributed by atoms with Crippen molar-refractivity contribution >= 4 is 11.6 Å². The average Bonchev–Trinajstić information content (AvgIpc) is 2.29. The second-order valence-electron chi connectivity index (χ2n) is 3.68. The summed E-state index contributed by atoms with van der Waals surface area (Å²) in [4.78, 5) is 17.1. The molecular weight excluding hydrogens is 211 g/mol. The van der Waals surface area contributed by atoms with Crippen LogP contribution in [0.5, 0.6) is 0 Å². The van der Waals surface area contributed by atoms with E-state index in [1.54, 1.807) is 0 Å². The van der Waals surface area contributed by atoms with Crippen molar-refractivity contribution in [3.05, 3.63) is 29.6 Å². The predicted molar refractivity (Wildman–Crippen MR) is 57.0 cm³/mol. The minimum absolute atomic E-state index is 0.138. The van der Waals surface area contributed by atoms with E-state index in [0.29, 0.717) is 13.2 Å². The maximum absolute atomic E-state index is 12.8. The monoisotopic (exact) mass is 224 g/mol. The summed E-state index contributed by atoms with van der Waals surface area (Å²) in [5, 5.41) is 1.28. The molecule has 0 unspecified atom stereocenters. The SMILES string of the molecule is Nc1cc(F)ccc1C(=O)N1CCCCO1. The summed E-state index contributed by atoms with van der Waals surface area (Å²) in [6.07, 6.45) is 1.86. The topological polar surface area (TPSA) is 55.6 Å². The van der Waals surface area contributed by atoms with Crippen LogP contribution in [0, 0.1) is 5.82 Å². The van der Waals surface area contributed by atoms with Crippen LogP contribution in [0.1, 0.15) is 23.2 Å². The van der Waals surface area contributed by atoms with Gasteiger partial charge in [0.25, 0.3) is 5.91 Å². The van der Waals surface area contributed by atoms with Crippen molar-refractivity contribution in [1.82, 2.24) is 5.06 Å². The van der Waals surface area contributed by atoms with Crippen molar-refractivity contribution in [2.24, 2.45) is 0 Å². The summed E-state index contributed by atoms with van der Waals surface area (Å²) in [5.74, 6) is -0.759. The number of hydrogen-bond donors (Lipinski definition) is 1. The Hall–Kier alpha value is -1.62. The number of nitrogens with two attached hydrogens (primary N) is 1. The highest BCUT2D eigenvalue weighted by Crippen LogP contribution is 2.18. The highest BCUT2D eigenvalue weighted by molar-refractivity contribution is 5.98. The molecule has 1 aliphatic rings. The van der Waals surface area contributed by atoms with Crippen molar-refractivity contribution < 1.29 is 14.0 Å². The van der Waals surface area contributed by atoms with Gasteiger partial charge in [0.2, 0.25) is 0 Å². The Labute approximate surface area is 92.7 Å². The molecule has 0 bridgehead atoms. The van der Waals surface area contributed by atoms with Crippen LogP contribution in [0.4, 0.5) is 10.1 Å². The zero-order chi connectivity index (χ0) is 11.5. The van der Waals surface area contributed by atoms with Gasteiger partial charge in [-0.2, -0.15) is 0 Å². The molecule has 0 aliphatic carbocycles. The molecule has 5 heteroatoms. The summed E-state index contributed by atoms with van der Waals surface area (Å²) in [7, 11) is 0. The molecule has 1 aromatic rings. The number of nitrogen functional groups attached to an aromatic ring is 1. The van der Waals surface area contributed by atoms with Crippen molar-refractivity contribution in [2.45, 2.75) is 12.8 Å². The third-order valence-electron chi connectivity index (χ3n) is 2.47. The average molecular weight is 224 g/mol. The second-order valence-corrected chi connectivity index (χ2v) is 3.68. The number of benzene rings is 1. The van der Waals surface area contributed by atoms with Gasteiger partial charge in [0.05, 0.1) is 12.2 Å². The van der Waals surface area contributed by atoms with Gasteiger partial charge < -0.3 is 5.73 Å². The minimum Gasteiger partial charge on any atom is -0.398 e. The van der Waals surface area contributed by atoms with Crippen LogP contribution in [0.3, 0.4) is 0 Å². The van der Waals surface area contributed by atoms with E-state index in [-0.39, 0.29) is 17.2 Å². The molecule has 2 rings (SSSR count). The number of hydroxylamine groups is 2. The Morgan fingerprint density at radius 3 is 2.88 bits per heavy atom. The first-order valence-electron chi connectivity index (χ1n) is 5.18. The molecular formula is C11H13FN2O2. The number of carbonyl (C=O) groups excluding carboxylic acids is 1. The maximum atomic E-state index is 12.8. The lowest BCUT2D eigenvalue weighted by atomic mass is 10.1.